The largest absolute Gasteiger partial charge is 0.481 e. The highest BCUT2D eigenvalue weighted by atomic mass is 16.4. The number of hydrogen-bond acceptors (Lipinski definition) is 8. The van der Waals surface area contributed by atoms with E-state index < -0.39 is 42.2 Å². The summed E-state index contributed by atoms with van der Waals surface area (Å²) in [5.41, 5.74) is 0. The van der Waals surface area contributed by atoms with Crippen LogP contribution in [0.25, 0.3) is 0 Å². The number of carbonyl (C=O) groups is 4. The third-order valence-corrected chi connectivity index (χ3v) is 1.61. The van der Waals surface area contributed by atoms with Crippen molar-refractivity contribution < 1.29 is 60.0 Å². The van der Waals surface area contributed by atoms with Crippen LogP contribution < -0.4 is 0 Å². The van der Waals surface area contributed by atoms with Crippen molar-refractivity contribution in [3.05, 3.63) is 0 Å². The summed E-state index contributed by atoms with van der Waals surface area (Å²) in [5.74, 6) is -4.17. The van der Waals surface area contributed by atoms with Gasteiger partial charge in [-0.05, 0) is 27.7 Å². The van der Waals surface area contributed by atoms with Crippen LogP contribution in [-0.2, 0) is 19.2 Å². The van der Waals surface area contributed by atoms with Crippen LogP contribution in [0.4, 0.5) is 0 Å². The number of hydrogen-bond donors (Lipinski definition) is 8. The summed E-state index contributed by atoms with van der Waals surface area (Å²) in [7, 11) is 0. The quantitative estimate of drug-likeness (QED) is 0.282. The molecule has 0 aliphatic heterocycles. The molecule has 0 aliphatic rings. The lowest BCUT2D eigenvalue weighted by Gasteiger charge is -2.03. The minimum absolute atomic E-state index is 0.250. The highest BCUT2D eigenvalue weighted by molar-refractivity contribution is 5.75. The number of aliphatic hydroxyl groups excluding tert-OH is 4. The van der Waals surface area contributed by atoms with Crippen molar-refractivity contribution in [2.24, 2.45) is 0 Å². The van der Waals surface area contributed by atoms with Gasteiger partial charge in [-0.3, -0.25) is 14.4 Å². The van der Waals surface area contributed by atoms with E-state index in [9.17, 15) is 14.4 Å². The molecule has 0 saturated heterocycles. The lowest BCUT2D eigenvalue weighted by molar-refractivity contribution is -0.145. The number of carboxylic acids is 4. The molecule has 12 heteroatoms. The van der Waals surface area contributed by atoms with Gasteiger partial charge in [0, 0.05) is 13.5 Å². The van der Waals surface area contributed by atoms with Gasteiger partial charge in [-0.15, -0.1) is 0 Å². The molecule has 0 spiro atoms. The monoisotopic (exact) mass is 404 g/mol. The van der Waals surface area contributed by atoms with Crippen LogP contribution in [0.5, 0.6) is 0 Å². The average Bonchev–Trinajstić information content (AvgIpc) is 2.46. The van der Waals surface area contributed by atoms with Crippen molar-refractivity contribution in [3.8, 4) is 0 Å². The lowest BCUT2D eigenvalue weighted by atomic mass is 10.3. The number of aliphatic carboxylic acids is 4. The van der Waals surface area contributed by atoms with Crippen LogP contribution in [0, 0.1) is 0 Å². The summed E-state index contributed by atoms with van der Waals surface area (Å²) in [6.07, 6.45) is -3.01. The zero-order chi connectivity index (χ0) is 23.2. The van der Waals surface area contributed by atoms with Gasteiger partial charge in [-0.1, -0.05) is 0 Å². The third kappa shape index (κ3) is 97.4. The Labute approximate surface area is 157 Å². The standard InChI is InChI=1S/C4H6O4.C4H10O2.C3H6O3.C2H4O2.C2H6O/c5-3(6)1-2-4(7)8;1-3(5)4(2)6;1-2(4)3(5)6;1-2(3)4;1-2-3/h1-2H2,(H,5,6)(H,7,8);3-6H,1-2H3;2,4H,1H3,(H,5,6);1H3,(H,3,4);3H,2H2,1H3. The second kappa shape index (κ2) is 26.0. The molecule has 0 bridgehead atoms. The molecule has 0 radical (unpaired) electrons. The normalized spacial score (nSPS) is 11.6. The van der Waals surface area contributed by atoms with E-state index in [1.807, 2.05) is 0 Å². The molecule has 3 unspecified atom stereocenters. The molecule has 0 aromatic heterocycles. The molecule has 0 rings (SSSR count). The molecule has 8 N–H and O–H groups in total. The van der Waals surface area contributed by atoms with E-state index in [2.05, 4.69) is 0 Å². The minimum atomic E-state index is -1.23. The van der Waals surface area contributed by atoms with Crippen molar-refractivity contribution in [1.29, 1.82) is 0 Å². The van der Waals surface area contributed by atoms with Gasteiger partial charge in [0.2, 0.25) is 0 Å². The number of carboxylic acid groups (broad SMARTS) is 4. The summed E-state index contributed by atoms with van der Waals surface area (Å²) in [6.45, 7) is 7.30. The van der Waals surface area contributed by atoms with Crippen molar-refractivity contribution in [3.63, 3.8) is 0 Å². The highest BCUT2D eigenvalue weighted by Crippen LogP contribution is 1.86. The van der Waals surface area contributed by atoms with Gasteiger partial charge < -0.3 is 40.9 Å². The van der Waals surface area contributed by atoms with E-state index in [0.717, 1.165) is 6.92 Å². The maximum absolute atomic E-state index is 9.64. The lowest BCUT2D eigenvalue weighted by Crippen LogP contribution is -2.17. The smallest absolute Gasteiger partial charge is 0.332 e. The zero-order valence-corrected chi connectivity index (χ0v) is 16.1. The topological polar surface area (TPSA) is 230 Å². The molecular formula is C15H32O12. The number of aliphatic hydroxyl groups is 4. The molecule has 0 aromatic rings. The summed E-state index contributed by atoms with van der Waals surface area (Å²) < 4.78 is 0. The molecule has 0 aliphatic carbocycles. The first-order valence-electron chi connectivity index (χ1n) is 7.57. The predicted octanol–water partition coefficient (Wildman–Crippen LogP) is -0.775. The van der Waals surface area contributed by atoms with Crippen LogP contribution in [0.2, 0.25) is 0 Å². The Morgan fingerprint density at radius 2 is 0.889 bits per heavy atom. The summed E-state index contributed by atoms with van der Waals surface area (Å²) in [4.78, 5) is 37.7. The maximum atomic E-state index is 9.64. The first-order valence-corrected chi connectivity index (χ1v) is 7.57. The third-order valence-electron chi connectivity index (χ3n) is 1.61. The summed E-state index contributed by atoms with van der Waals surface area (Å²) >= 11 is 0. The first kappa shape index (κ1) is 35.8. The Bertz CT molecular complexity index is 353. The molecular weight excluding hydrogens is 372 g/mol. The van der Waals surface area contributed by atoms with Crippen molar-refractivity contribution in [2.45, 2.75) is 65.8 Å². The molecule has 0 saturated carbocycles. The fourth-order valence-corrected chi connectivity index (χ4v) is 0.214. The van der Waals surface area contributed by atoms with Crippen LogP contribution in [-0.4, -0.2) is 89.6 Å². The molecule has 0 amide bonds. The Morgan fingerprint density at radius 3 is 0.926 bits per heavy atom. The van der Waals surface area contributed by atoms with E-state index in [4.69, 9.17) is 45.6 Å². The van der Waals surface area contributed by atoms with Gasteiger partial charge >= 0.3 is 17.9 Å². The molecule has 0 aromatic carbocycles. The van der Waals surface area contributed by atoms with Gasteiger partial charge in [0.1, 0.15) is 6.10 Å². The van der Waals surface area contributed by atoms with Crippen LogP contribution >= 0.6 is 0 Å². The molecule has 27 heavy (non-hydrogen) atoms. The van der Waals surface area contributed by atoms with Crippen molar-refractivity contribution >= 4 is 23.9 Å². The molecule has 3 atom stereocenters. The van der Waals surface area contributed by atoms with E-state index in [1.165, 1.54) is 6.92 Å². The van der Waals surface area contributed by atoms with Gasteiger partial charge in [-0.25, -0.2) is 4.79 Å². The minimum Gasteiger partial charge on any atom is -0.481 e. The predicted molar refractivity (Wildman–Crippen MR) is 93.3 cm³/mol. The van der Waals surface area contributed by atoms with Crippen molar-refractivity contribution in [2.75, 3.05) is 6.61 Å². The van der Waals surface area contributed by atoms with Crippen LogP contribution in [0.3, 0.4) is 0 Å². The molecule has 12 nitrogen and oxygen atoms in total. The molecule has 0 fully saturated rings. The Kier molecular flexibility index (Phi) is 34.4. The van der Waals surface area contributed by atoms with Gasteiger partial charge in [0.25, 0.3) is 5.97 Å². The van der Waals surface area contributed by atoms with Gasteiger partial charge in [-0.2, -0.15) is 0 Å². The van der Waals surface area contributed by atoms with Gasteiger partial charge in [0.05, 0.1) is 25.0 Å². The van der Waals surface area contributed by atoms with Gasteiger partial charge in [0.15, 0.2) is 0 Å². The maximum Gasteiger partial charge on any atom is 0.332 e. The zero-order valence-electron chi connectivity index (χ0n) is 16.1. The fourth-order valence-electron chi connectivity index (χ4n) is 0.214. The average molecular weight is 404 g/mol. The van der Waals surface area contributed by atoms with E-state index >= 15 is 0 Å². The Balaban J connectivity index is -0.0000000776. The second-order valence-electron chi connectivity index (χ2n) is 4.62. The Hall–Kier alpha value is -2.28. The fraction of sp³-hybridized carbons (Fsp3) is 0.733. The Morgan fingerprint density at radius 1 is 0.741 bits per heavy atom. The highest BCUT2D eigenvalue weighted by Gasteiger charge is 2.01. The van der Waals surface area contributed by atoms with E-state index in [-0.39, 0.29) is 19.4 Å². The molecule has 0 heterocycles. The van der Waals surface area contributed by atoms with E-state index in [0.29, 0.717) is 0 Å². The van der Waals surface area contributed by atoms with E-state index in [1.54, 1.807) is 20.8 Å². The molecule has 164 valence electrons. The summed E-state index contributed by atoms with van der Waals surface area (Å²) in [6, 6.07) is 0. The van der Waals surface area contributed by atoms with Crippen LogP contribution in [0.1, 0.15) is 47.5 Å². The first-order chi connectivity index (χ1) is 12.1. The summed E-state index contributed by atoms with van der Waals surface area (Å²) in [5, 5.41) is 63.3. The van der Waals surface area contributed by atoms with Crippen molar-refractivity contribution in [1.82, 2.24) is 0 Å². The van der Waals surface area contributed by atoms with Crippen LogP contribution in [0.15, 0.2) is 0 Å². The SMILES string of the molecule is CC(=O)O.CC(O)C(=O)O.CC(O)C(C)O.CCO.O=C(O)CCC(=O)O. The second-order valence-corrected chi connectivity index (χ2v) is 4.62. The number of rotatable bonds is 5.